The molecule has 5 aliphatic rings. The number of nitrogens with one attached hydrogen (secondary N) is 1. The lowest BCUT2D eigenvalue weighted by atomic mass is 9.61. The Morgan fingerprint density at radius 3 is 2.58 bits per heavy atom. The summed E-state index contributed by atoms with van der Waals surface area (Å²) in [5.41, 5.74) is 1.95. The zero-order valence-corrected chi connectivity index (χ0v) is 31.0. The highest BCUT2D eigenvalue weighted by molar-refractivity contribution is 7.90. The van der Waals surface area contributed by atoms with E-state index in [1.54, 1.807) is 25.1 Å². The summed E-state index contributed by atoms with van der Waals surface area (Å²) >= 11 is 6.45. The molecule has 7 rings (SSSR count). The van der Waals surface area contributed by atoms with Crippen molar-refractivity contribution in [2.75, 3.05) is 37.7 Å². The summed E-state index contributed by atoms with van der Waals surface area (Å²) in [5.74, 6) is -0.179. The van der Waals surface area contributed by atoms with Crippen LogP contribution in [0.3, 0.4) is 0 Å². The third-order valence-electron chi connectivity index (χ3n) is 12.8. The Balaban J connectivity index is 1.28. The van der Waals surface area contributed by atoms with E-state index in [4.69, 9.17) is 16.3 Å². The van der Waals surface area contributed by atoms with E-state index in [1.807, 2.05) is 17.9 Å². The van der Waals surface area contributed by atoms with Gasteiger partial charge < -0.3 is 19.6 Å². The largest absolute Gasteiger partial charge is 0.490 e. The van der Waals surface area contributed by atoms with Crippen LogP contribution in [0.4, 0.5) is 5.69 Å². The molecule has 6 atom stereocenters. The number of carbonyl (C=O) groups excluding carboxylic acids is 2. The molecule has 1 saturated carbocycles. The maximum atomic E-state index is 13.7. The molecule has 0 aromatic heterocycles. The number of amides is 2. The lowest BCUT2D eigenvalue weighted by molar-refractivity contribution is -0.146. The third-order valence-corrected chi connectivity index (χ3v) is 15.0. The number of fused-ring (bicyclic) bond motifs is 4. The molecule has 2 aliphatic carbocycles. The van der Waals surface area contributed by atoms with Gasteiger partial charge in [0.25, 0.3) is 5.91 Å². The number of likely N-dealkylation sites (tertiary alicyclic amines) is 1. The van der Waals surface area contributed by atoms with Crippen molar-refractivity contribution in [3.8, 4) is 5.75 Å². The van der Waals surface area contributed by atoms with Gasteiger partial charge in [-0.05, 0) is 130 Å². The molecule has 1 spiro atoms. The van der Waals surface area contributed by atoms with Gasteiger partial charge >= 0.3 is 0 Å². The number of benzene rings is 2. The zero-order chi connectivity index (χ0) is 35.3. The molecule has 2 bridgehead atoms. The molecule has 2 amide bonds. The predicted molar refractivity (Wildman–Crippen MR) is 195 cm³/mol. The van der Waals surface area contributed by atoms with Crippen molar-refractivity contribution in [3.63, 3.8) is 0 Å². The van der Waals surface area contributed by atoms with Crippen LogP contribution in [-0.4, -0.2) is 73.9 Å². The number of rotatable bonds is 2. The van der Waals surface area contributed by atoms with Crippen LogP contribution in [0.1, 0.15) is 106 Å². The zero-order valence-electron chi connectivity index (χ0n) is 29.5. The Kier molecular flexibility index (Phi) is 9.93. The van der Waals surface area contributed by atoms with Crippen LogP contribution >= 0.6 is 11.6 Å². The van der Waals surface area contributed by atoms with Gasteiger partial charge in [0.1, 0.15) is 5.75 Å². The van der Waals surface area contributed by atoms with E-state index >= 15 is 0 Å². The number of carbonyl (C=O) groups is 2. The van der Waals surface area contributed by atoms with E-state index in [0.29, 0.717) is 49.7 Å². The van der Waals surface area contributed by atoms with E-state index in [1.165, 1.54) is 11.1 Å². The lowest BCUT2D eigenvalue weighted by Crippen LogP contribution is -2.54. The lowest BCUT2D eigenvalue weighted by Gasteiger charge is -2.50. The number of aliphatic hydroxyl groups is 1. The quantitative estimate of drug-likeness (QED) is 0.377. The van der Waals surface area contributed by atoms with Crippen LogP contribution in [-0.2, 0) is 26.7 Å². The van der Waals surface area contributed by atoms with Crippen LogP contribution in [0.5, 0.6) is 5.75 Å². The number of aryl methyl sites for hydroxylation is 1. The maximum absolute atomic E-state index is 13.7. The van der Waals surface area contributed by atoms with Crippen molar-refractivity contribution >= 4 is 39.1 Å². The van der Waals surface area contributed by atoms with Crippen molar-refractivity contribution in [1.29, 1.82) is 0 Å². The standard InChI is InChI=1S/C39H52ClN3O6S/c1-26-8-6-17-39(46,22-36(44)42-18-4-3-5-19-42)33-13-10-30(33)23-43-24-38(16-7-9-28-20-31(40)12-14-32(28)38)25-49-35-15-11-29(21-34(35)43)37(45)41-50(47,48)27(26)2/h11-12,14-15,20-21,26-27,30,33,46H,3-10,13,16-19,22-25H2,1-2H3,(H,41,45)/t26-,27+,30-,33+,38-,39+/m0/s1. The molecule has 2 fully saturated rings. The molecule has 2 N–H and O–H groups in total. The topological polar surface area (TPSA) is 116 Å². The molecule has 1 saturated heterocycles. The molecule has 50 heavy (non-hydrogen) atoms. The number of halogens is 1. The normalized spacial score (nSPS) is 32.8. The van der Waals surface area contributed by atoms with E-state index < -0.39 is 26.8 Å². The molecule has 3 heterocycles. The van der Waals surface area contributed by atoms with Gasteiger partial charge in [0.15, 0.2) is 0 Å². The highest BCUT2D eigenvalue weighted by atomic mass is 35.5. The summed E-state index contributed by atoms with van der Waals surface area (Å²) in [7, 11) is -3.99. The van der Waals surface area contributed by atoms with Crippen molar-refractivity contribution in [3.05, 3.63) is 58.1 Å². The summed E-state index contributed by atoms with van der Waals surface area (Å²) < 4.78 is 35.9. The Hall–Kier alpha value is -2.82. The van der Waals surface area contributed by atoms with Crippen molar-refractivity contribution in [2.24, 2.45) is 17.8 Å². The number of sulfonamides is 1. The van der Waals surface area contributed by atoms with Crippen molar-refractivity contribution < 1.29 is 27.9 Å². The number of hydrogen-bond acceptors (Lipinski definition) is 7. The van der Waals surface area contributed by atoms with Gasteiger partial charge in [-0.25, -0.2) is 13.1 Å². The Bertz CT molecular complexity index is 1730. The first-order valence-corrected chi connectivity index (χ1v) is 20.7. The van der Waals surface area contributed by atoms with Gasteiger partial charge in [-0.2, -0.15) is 0 Å². The molecular weight excluding hydrogens is 674 g/mol. The minimum absolute atomic E-state index is 0.0218. The van der Waals surface area contributed by atoms with E-state index in [0.717, 1.165) is 70.1 Å². The summed E-state index contributed by atoms with van der Waals surface area (Å²) in [4.78, 5) is 31.5. The highest BCUT2D eigenvalue weighted by Crippen LogP contribution is 2.50. The Morgan fingerprint density at radius 1 is 1.02 bits per heavy atom. The van der Waals surface area contributed by atoms with Crippen LogP contribution in [0.2, 0.25) is 5.02 Å². The van der Waals surface area contributed by atoms with Crippen molar-refractivity contribution in [1.82, 2.24) is 9.62 Å². The molecule has 272 valence electrons. The predicted octanol–water partition coefficient (Wildman–Crippen LogP) is 6.24. The molecule has 0 unspecified atom stereocenters. The number of anilines is 1. The summed E-state index contributed by atoms with van der Waals surface area (Å²) in [6.45, 7) is 6.73. The minimum Gasteiger partial charge on any atom is -0.490 e. The smallest absolute Gasteiger partial charge is 0.264 e. The molecule has 11 heteroatoms. The second kappa shape index (κ2) is 14.0. The first-order valence-electron chi connectivity index (χ1n) is 18.7. The van der Waals surface area contributed by atoms with Gasteiger partial charge in [0.2, 0.25) is 15.9 Å². The molecule has 2 aromatic rings. The highest BCUT2D eigenvalue weighted by Gasteiger charge is 2.50. The molecule has 3 aliphatic heterocycles. The maximum Gasteiger partial charge on any atom is 0.264 e. The average molecular weight is 726 g/mol. The van der Waals surface area contributed by atoms with Gasteiger partial charge in [0, 0.05) is 42.2 Å². The fourth-order valence-corrected chi connectivity index (χ4v) is 11.0. The number of ether oxygens (including phenoxy) is 1. The van der Waals surface area contributed by atoms with Gasteiger partial charge in [-0.1, -0.05) is 31.0 Å². The fourth-order valence-electron chi connectivity index (χ4n) is 9.51. The summed E-state index contributed by atoms with van der Waals surface area (Å²) in [5, 5.41) is 12.5. The van der Waals surface area contributed by atoms with E-state index in [-0.39, 0.29) is 41.1 Å². The second-order valence-corrected chi connectivity index (χ2v) is 18.5. The van der Waals surface area contributed by atoms with E-state index in [9.17, 15) is 23.1 Å². The number of hydrogen-bond donors (Lipinski definition) is 2. The van der Waals surface area contributed by atoms with Crippen LogP contribution < -0.4 is 14.4 Å². The monoisotopic (exact) mass is 725 g/mol. The average Bonchev–Trinajstić information content (AvgIpc) is 3.22. The minimum atomic E-state index is -3.99. The van der Waals surface area contributed by atoms with Crippen molar-refractivity contribution in [2.45, 2.75) is 107 Å². The van der Waals surface area contributed by atoms with Gasteiger partial charge in [0.05, 0.1) is 29.6 Å². The SMILES string of the molecule is C[C@@H]1[C@@H](C)CCC[C@@](O)(CC(=O)N2CCCCC2)[C@@H]2CC[C@H]2CN2C[C@@]3(CCCc4cc(Cl)ccc43)COc3ccc(cc32)C(=O)NS1(=O)=O. The first kappa shape index (κ1) is 35.6. The van der Waals surface area contributed by atoms with Crippen LogP contribution in [0.15, 0.2) is 36.4 Å². The molecule has 2 aromatic carbocycles. The van der Waals surface area contributed by atoms with Gasteiger partial charge in [-0.3, -0.25) is 9.59 Å². The summed E-state index contributed by atoms with van der Waals surface area (Å²) in [6.07, 6.45) is 9.41. The fraction of sp³-hybridized carbons (Fsp3) is 0.641. The Labute approximate surface area is 302 Å². The number of nitrogens with zero attached hydrogens (tertiary/aromatic N) is 2. The summed E-state index contributed by atoms with van der Waals surface area (Å²) in [6, 6.07) is 11.3. The van der Waals surface area contributed by atoms with Gasteiger partial charge in [-0.15, -0.1) is 0 Å². The first-order chi connectivity index (χ1) is 23.9. The van der Waals surface area contributed by atoms with Crippen LogP contribution in [0.25, 0.3) is 0 Å². The molecule has 0 radical (unpaired) electrons. The number of piperidine rings is 1. The Morgan fingerprint density at radius 2 is 1.82 bits per heavy atom. The molecule has 9 nitrogen and oxygen atoms in total. The van der Waals surface area contributed by atoms with E-state index in [2.05, 4.69) is 21.8 Å². The third kappa shape index (κ3) is 6.88. The van der Waals surface area contributed by atoms with Crippen LogP contribution in [0, 0.1) is 17.8 Å². The second-order valence-electron chi connectivity index (χ2n) is 16.0. The molecular formula is C39H52ClN3O6S.